The molecule has 174 valence electrons. The molecule has 3 aromatic rings. The van der Waals surface area contributed by atoms with Crippen molar-refractivity contribution < 1.29 is 19.2 Å². The van der Waals surface area contributed by atoms with Gasteiger partial charge in [0, 0.05) is 10.9 Å². The highest BCUT2D eigenvalue weighted by atomic mass is 32.1. The van der Waals surface area contributed by atoms with Crippen LogP contribution in [0, 0.1) is 24.0 Å². The zero-order valence-corrected chi connectivity index (χ0v) is 19.6. The highest BCUT2D eigenvalue weighted by Gasteiger charge is 2.45. The molecule has 0 saturated heterocycles. The molecular formula is C24H22N4O5S. The summed E-state index contributed by atoms with van der Waals surface area (Å²) in [6.07, 6.45) is 2.48. The third-order valence-corrected chi connectivity index (χ3v) is 6.63. The first-order valence-corrected chi connectivity index (χ1v) is 11.2. The van der Waals surface area contributed by atoms with Crippen LogP contribution >= 0.6 is 11.3 Å². The van der Waals surface area contributed by atoms with Crippen molar-refractivity contribution in [3.05, 3.63) is 80.3 Å². The molecule has 1 amide bonds. The summed E-state index contributed by atoms with van der Waals surface area (Å²) in [4.78, 5) is 31.5. The number of nitrogens with zero attached hydrogens (tertiary/aromatic N) is 3. The number of ether oxygens (including phenoxy) is 2. The fraction of sp³-hybridized carbons (Fsp3) is 0.208. The molecule has 0 radical (unpaired) electrons. The number of nitro groups is 1. The molecule has 1 atom stereocenters. The van der Waals surface area contributed by atoms with Gasteiger partial charge in [-0.3, -0.25) is 4.79 Å². The number of aryl methyl sites for hydroxylation is 2. The van der Waals surface area contributed by atoms with Crippen LogP contribution in [0.5, 0.6) is 17.2 Å². The van der Waals surface area contributed by atoms with E-state index in [1.807, 2.05) is 55.6 Å². The summed E-state index contributed by atoms with van der Waals surface area (Å²) >= 11 is 1.24. The van der Waals surface area contributed by atoms with E-state index >= 15 is 0 Å². The highest BCUT2D eigenvalue weighted by Crippen LogP contribution is 2.39. The summed E-state index contributed by atoms with van der Waals surface area (Å²) in [6, 6.07) is 11.1. The molecule has 4 rings (SSSR count). The van der Waals surface area contributed by atoms with Crippen molar-refractivity contribution >= 4 is 23.1 Å². The Morgan fingerprint density at radius 3 is 2.38 bits per heavy atom. The first kappa shape index (κ1) is 23.1. The number of methoxy groups -OCH3 is 1. The van der Waals surface area contributed by atoms with Gasteiger partial charge in [-0.1, -0.05) is 4.99 Å². The fourth-order valence-electron chi connectivity index (χ4n) is 3.90. The number of amides is 1. The minimum atomic E-state index is -1.41. The van der Waals surface area contributed by atoms with Crippen LogP contribution in [0.25, 0.3) is 11.3 Å². The maximum atomic E-state index is 12.4. The molecule has 1 aromatic heterocycles. The van der Waals surface area contributed by atoms with Crippen LogP contribution in [-0.4, -0.2) is 28.8 Å². The molecule has 9 nitrogen and oxygen atoms in total. The Kier molecular flexibility index (Phi) is 6.16. The Morgan fingerprint density at radius 1 is 1.15 bits per heavy atom. The zero-order valence-electron chi connectivity index (χ0n) is 18.8. The van der Waals surface area contributed by atoms with Gasteiger partial charge < -0.3 is 25.3 Å². The van der Waals surface area contributed by atoms with Crippen LogP contribution in [0.15, 0.2) is 59.0 Å². The quantitative estimate of drug-likeness (QED) is 0.409. The summed E-state index contributed by atoms with van der Waals surface area (Å²) < 4.78 is 11.2. The molecule has 2 aromatic carbocycles. The standard InChI is InChI=1S/C24H22N4O5S/c1-14-10-18(33-17-6-4-16(32-3)5-7-17)11-15(2)21(14)19-13-34-23(27-19)24(22(25)29)8-9-26-20(12-24)28(30)31/h4-11,13H,12H2,1-3H3,(H2,25,29). The lowest BCUT2D eigenvalue weighted by atomic mass is 9.82. The van der Waals surface area contributed by atoms with E-state index in [9.17, 15) is 14.9 Å². The molecule has 1 aliphatic heterocycles. The predicted octanol–water partition coefficient (Wildman–Crippen LogP) is 4.54. The Bertz CT molecular complexity index is 1310. The molecule has 0 fully saturated rings. The largest absolute Gasteiger partial charge is 0.497 e. The lowest BCUT2D eigenvalue weighted by Crippen LogP contribution is -2.43. The molecule has 1 aliphatic rings. The predicted molar refractivity (Wildman–Crippen MR) is 129 cm³/mol. The summed E-state index contributed by atoms with van der Waals surface area (Å²) in [5, 5.41) is 13.5. The maximum absolute atomic E-state index is 12.4. The number of hydrogen-bond donors (Lipinski definition) is 1. The van der Waals surface area contributed by atoms with E-state index in [0.717, 1.165) is 22.4 Å². The van der Waals surface area contributed by atoms with E-state index in [4.69, 9.17) is 15.2 Å². The fourth-order valence-corrected chi connectivity index (χ4v) is 4.89. The van der Waals surface area contributed by atoms with Gasteiger partial charge in [0.25, 0.3) is 0 Å². The third-order valence-electron chi connectivity index (χ3n) is 5.61. The number of aliphatic imine (C=N–C) groups is 1. The number of thiazole rings is 1. The second-order valence-electron chi connectivity index (χ2n) is 7.88. The van der Waals surface area contributed by atoms with E-state index in [0.29, 0.717) is 22.2 Å². The maximum Gasteiger partial charge on any atom is 0.340 e. The Balaban J connectivity index is 1.65. The van der Waals surface area contributed by atoms with Crippen molar-refractivity contribution in [2.24, 2.45) is 10.7 Å². The highest BCUT2D eigenvalue weighted by molar-refractivity contribution is 7.10. The van der Waals surface area contributed by atoms with Crippen LogP contribution in [0.1, 0.15) is 22.6 Å². The third kappa shape index (κ3) is 4.27. The van der Waals surface area contributed by atoms with Crippen molar-refractivity contribution in [1.29, 1.82) is 0 Å². The molecule has 0 saturated carbocycles. The normalized spacial score (nSPS) is 17.2. The van der Waals surface area contributed by atoms with Crippen molar-refractivity contribution in [1.82, 2.24) is 4.98 Å². The number of rotatable bonds is 6. The van der Waals surface area contributed by atoms with Crippen LogP contribution in [0.3, 0.4) is 0 Å². The Hall–Kier alpha value is -4.05. The number of benzene rings is 2. The number of aromatic nitrogens is 1. The summed E-state index contributed by atoms with van der Waals surface area (Å²) in [5.41, 5.74) is 7.69. The van der Waals surface area contributed by atoms with Crippen LogP contribution in [-0.2, 0) is 10.2 Å². The molecule has 0 spiro atoms. The van der Waals surface area contributed by atoms with Crippen LogP contribution in [0.2, 0.25) is 0 Å². The van der Waals surface area contributed by atoms with Gasteiger partial charge in [0.15, 0.2) is 0 Å². The molecule has 10 heteroatoms. The van der Waals surface area contributed by atoms with E-state index in [-0.39, 0.29) is 12.3 Å². The Labute approximate surface area is 199 Å². The summed E-state index contributed by atoms with van der Waals surface area (Å²) in [5.74, 6) is 1.06. The number of nitrogens with two attached hydrogens (primary N) is 1. The Morgan fingerprint density at radius 2 is 1.79 bits per heavy atom. The monoisotopic (exact) mass is 478 g/mol. The summed E-state index contributed by atoms with van der Waals surface area (Å²) in [7, 11) is 1.61. The van der Waals surface area contributed by atoms with Gasteiger partial charge >= 0.3 is 5.84 Å². The second kappa shape index (κ2) is 9.06. The first-order valence-electron chi connectivity index (χ1n) is 10.3. The molecule has 2 heterocycles. The van der Waals surface area contributed by atoms with Crippen molar-refractivity contribution in [3.63, 3.8) is 0 Å². The smallest absolute Gasteiger partial charge is 0.340 e. The molecular weight excluding hydrogens is 456 g/mol. The molecule has 2 N–H and O–H groups in total. The minimum absolute atomic E-state index is 0.245. The SMILES string of the molecule is COc1ccc(Oc2cc(C)c(-c3csc(C4(C(N)=O)C=CN=C([N+](=O)[O-])C4)n3)c(C)c2)cc1. The zero-order chi connectivity index (χ0) is 24.5. The van der Waals surface area contributed by atoms with E-state index in [1.54, 1.807) is 7.11 Å². The average molecular weight is 479 g/mol. The molecule has 34 heavy (non-hydrogen) atoms. The van der Waals surface area contributed by atoms with Gasteiger partial charge in [-0.2, -0.15) is 0 Å². The summed E-state index contributed by atoms with van der Waals surface area (Å²) in [6.45, 7) is 3.90. The minimum Gasteiger partial charge on any atom is -0.497 e. The van der Waals surface area contributed by atoms with Gasteiger partial charge in [-0.25, -0.2) is 4.98 Å². The van der Waals surface area contributed by atoms with Crippen LogP contribution in [0.4, 0.5) is 0 Å². The number of primary amides is 1. The topological polar surface area (TPSA) is 130 Å². The number of carbonyl (C=O) groups is 1. The van der Waals surface area contributed by atoms with Gasteiger partial charge in [0.05, 0.1) is 19.2 Å². The molecule has 1 unspecified atom stereocenters. The first-order chi connectivity index (χ1) is 16.2. The van der Waals surface area contributed by atoms with Gasteiger partial charge in [-0.15, -0.1) is 11.3 Å². The average Bonchev–Trinajstić information content (AvgIpc) is 3.29. The van der Waals surface area contributed by atoms with Gasteiger partial charge in [-0.05, 0) is 72.4 Å². The van der Waals surface area contributed by atoms with Crippen LogP contribution < -0.4 is 15.2 Å². The number of hydrogen-bond acceptors (Lipinski definition) is 8. The molecule has 0 aliphatic carbocycles. The number of amidine groups is 1. The van der Waals surface area contributed by atoms with E-state index in [2.05, 4.69) is 9.98 Å². The van der Waals surface area contributed by atoms with E-state index < -0.39 is 16.2 Å². The van der Waals surface area contributed by atoms with Gasteiger partial charge in [0.2, 0.25) is 5.91 Å². The van der Waals surface area contributed by atoms with Gasteiger partial charge in [0.1, 0.15) is 33.9 Å². The van der Waals surface area contributed by atoms with E-state index in [1.165, 1.54) is 23.6 Å². The molecule has 0 bridgehead atoms. The van der Waals surface area contributed by atoms with Crippen molar-refractivity contribution in [3.8, 4) is 28.5 Å². The lowest BCUT2D eigenvalue weighted by Gasteiger charge is -2.24. The lowest BCUT2D eigenvalue weighted by molar-refractivity contribution is -0.354. The second-order valence-corrected chi connectivity index (χ2v) is 8.74. The van der Waals surface area contributed by atoms with Crippen molar-refractivity contribution in [2.75, 3.05) is 7.11 Å². The van der Waals surface area contributed by atoms with Crippen molar-refractivity contribution in [2.45, 2.75) is 25.7 Å². The number of carbonyl (C=O) groups excluding carboxylic acids is 1.